The molecule has 14 heavy (non-hydrogen) atoms. The Bertz CT molecular complexity index is 336. The first kappa shape index (κ1) is 11.7. The third kappa shape index (κ3) is 2.58. The highest BCUT2D eigenvalue weighted by Crippen LogP contribution is 2.22. The van der Waals surface area contributed by atoms with Crippen molar-refractivity contribution in [1.82, 2.24) is 0 Å². The maximum Gasteiger partial charge on any atom is 0.164 e. The Morgan fingerprint density at radius 1 is 1.50 bits per heavy atom. The molecule has 1 aromatic carbocycles. The third-order valence-electron chi connectivity index (χ3n) is 2.09. The van der Waals surface area contributed by atoms with Crippen LogP contribution in [0.2, 0.25) is 0 Å². The molecule has 0 fully saturated rings. The van der Waals surface area contributed by atoms with Gasteiger partial charge >= 0.3 is 0 Å². The lowest BCUT2D eigenvalue weighted by molar-refractivity contribution is 0.0988. The molecule has 0 atom stereocenters. The van der Waals surface area contributed by atoms with E-state index in [1.165, 1.54) is 0 Å². The van der Waals surface area contributed by atoms with Gasteiger partial charge in [0.15, 0.2) is 5.78 Å². The second-order valence-electron chi connectivity index (χ2n) is 2.98. The average Bonchev–Trinajstić information content (AvgIpc) is 2.17. The summed E-state index contributed by atoms with van der Waals surface area (Å²) >= 11 is 8.99. The molecular weight excluding hydrogens is 263 g/mol. The van der Waals surface area contributed by atoms with E-state index in [0.29, 0.717) is 12.3 Å². The minimum absolute atomic E-state index is 0.123. The first-order valence-corrected chi connectivity index (χ1v) is 5.90. The number of hydrogen-bond acceptors (Lipinski definition) is 1. The van der Waals surface area contributed by atoms with Crippen LogP contribution in [-0.2, 0) is 6.42 Å². The van der Waals surface area contributed by atoms with Gasteiger partial charge in [0.25, 0.3) is 0 Å². The summed E-state index contributed by atoms with van der Waals surface area (Å²) in [6, 6.07) is 5.69. The molecule has 0 aliphatic carbocycles. The molecule has 0 aliphatic heterocycles. The topological polar surface area (TPSA) is 17.1 Å². The molecule has 0 amide bonds. The summed E-state index contributed by atoms with van der Waals surface area (Å²) in [7, 11) is 0. The molecule has 0 bridgehead atoms. The molecule has 0 saturated heterocycles. The van der Waals surface area contributed by atoms with E-state index in [4.69, 9.17) is 11.6 Å². The van der Waals surface area contributed by atoms with Crippen LogP contribution in [0, 0.1) is 0 Å². The predicted octanol–water partition coefficient (Wildman–Crippen LogP) is 3.82. The number of carbonyl (C=O) groups excluding carboxylic acids is 1. The van der Waals surface area contributed by atoms with Crippen molar-refractivity contribution in [2.45, 2.75) is 19.8 Å². The minimum atomic E-state index is 0.123. The summed E-state index contributed by atoms with van der Waals surface area (Å²) in [5.41, 5.74) is 1.87. The highest BCUT2D eigenvalue weighted by molar-refractivity contribution is 9.10. The molecule has 0 spiro atoms. The minimum Gasteiger partial charge on any atom is -0.294 e. The van der Waals surface area contributed by atoms with Gasteiger partial charge in [-0.1, -0.05) is 35.0 Å². The summed E-state index contributed by atoms with van der Waals surface area (Å²) in [4.78, 5) is 11.7. The monoisotopic (exact) mass is 274 g/mol. The highest BCUT2D eigenvalue weighted by atomic mass is 79.9. The van der Waals surface area contributed by atoms with Gasteiger partial charge < -0.3 is 0 Å². The molecule has 0 N–H and O–H groups in total. The quantitative estimate of drug-likeness (QED) is 0.603. The molecule has 0 saturated carbocycles. The average molecular weight is 276 g/mol. The molecule has 0 aromatic heterocycles. The van der Waals surface area contributed by atoms with E-state index in [9.17, 15) is 4.79 Å². The van der Waals surface area contributed by atoms with Crippen LogP contribution in [0.5, 0.6) is 0 Å². The van der Waals surface area contributed by atoms with Crippen molar-refractivity contribution in [3.05, 3.63) is 33.8 Å². The number of rotatable bonds is 4. The lowest BCUT2D eigenvalue weighted by Crippen LogP contribution is -2.04. The Labute approximate surface area is 97.6 Å². The van der Waals surface area contributed by atoms with Crippen molar-refractivity contribution < 1.29 is 4.79 Å². The van der Waals surface area contributed by atoms with Crippen molar-refractivity contribution in [1.29, 1.82) is 0 Å². The van der Waals surface area contributed by atoms with Crippen LogP contribution in [0.1, 0.15) is 29.3 Å². The molecule has 0 radical (unpaired) electrons. The fourth-order valence-corrected chi connectivity index (χ4v) is 2.22. The Morgan fingerprint density at radius 2 is 2.21 bits per heavy atom. The Morgan fingerprint density at radius 3 is 2.79 bits per heavy atom. The van der Waals surface area contributed by atoms with Crippen molar-refractivity contribution in [3.63, 3.8) is 0 Å². The summed E-state index contributed by atoms with van der Waals surface area (Å²) in [5, 5.41) is 0. The van der Waals surface area contributed by atoms with E-state index >= 15 is 0 Å². The fourth-order valence-electron chi connectivity index (χ4n) is 1.40. The van der Waals surface area contributed by atoms with Crippen LogP contribution < -0.4 is 0 Å². The van der Waals surface area contributed by atoms with Crippen molar-refractivity contribution in [2.24, 2.45) is 0 Å². The molecule has 0 unspecified atom stereocenters. The van der Waals surface area contributed by atoms with Crippen molar-refractivity contribution in [3.8, 4) is 0 Å². The Kier molecular flexibility index (Phi) is 4.63. The molecule has 0 heterocycles. The molecule has 76 valence electrons. The number of benzene rings is 1. The zero-order valence-corrected chi connectivity index (χ0v) is 10.4. The highest BCUT2D eigenvalue weighted by Gasteiger charge is 2.11. The molecule has 1 aromatic rings. The van der Waals surface area contributed by atoms with Crippen LogP contribution in [0.25, 0.3) is 0 Å². The van der Waals surface area contributed by atoms with Gasteiger partial charge in [-0.25, -0.2) is 0 Å². The zero-order chi connectivity index (χ0) is 10.6. The second-order valence-corrected chi connectivity index (χ2v) is 4.21. The van der Waals surface area contributed by atoms with Crippen LogP contribution in [-0.4, -0.2) is 11.7 Å². The number of ketones is 1. The molecule has 0 aliphatic rings. The summed E-state index contributed by atoms with van der Waals surface area (Å²) < 4.78 is 1.00. The Balaban J connectivity index is 3.07. The van der Waals surface area contributed by atoms with E-state index < -0.39 is 0 Å². The maximum atomic E-state index is 11.7. The summed E-state index contributed by atoms with van der Waals surface area (Å²) in [5.74, 6) is 0.507. The number of halogens is 2. The Hall–Kier alpha value is -0.340. The van der Waals surface area contributed by atoms with Crippen molar-refractivity contribution >= 4 is 33.3 Å². The fraction of sp³-hybridized carbons (Fsp3) is 0.364. The van der Waals surface area contributed by atoms with Gasteiger partial charge in [-0.05, 0) is 18.1 Å². The van der Waals surface area contributed by atoms with Gasteiger partial charge in [-0.15, -0.1) is 11.6 Å². The largest absolute Gasteiger partial charge is 0.294 e. The first-order chi connectivity index (χ1) is 6.70. The van der Waals surface area contributed by atoms with E-state index in [-0.39, 0.29) is 5.78 Å². The van der Waals surface area contributed by atoms with E-state index in [0.717, 1.165) is 22.0 Å². The molecule has 1 nitrogen and oxygen atoms in total. The van der Waals surface area contributed by atoms with E-state index in [2.05, 4.69) is 15.9 Å². The summed E-state index contributed by atoms with van der Waals surface area (Å²) in [6.45, 7) is 2.04. The lowest BCUT2D eigenvalue weighted by atomic mass is 10.0. The second kappa shape index (κ2) is 5.52. The van der Waals surface area contributed by atoms with Crippen LogP contribution in [0.4, 0.5) is 0 Å². The first-order valence-electron chi connectivity index (χ1n) is 4.57. The molecular formula is C11H12BrClO. The lowest BCUT2D eigenvalue weighted by Gasteiger charge is -2.07. The van der Waals surface area contributed by atoms with Crippen molar-refractivity contribution in [2.75, 3.05) is 5.88 Å². The predicted molar refractivity (Wildman–Crippen MR) is 63.2 cm³/mol. The zero-order valence-electron chi connectivity index (χ0n) is 8.02. The summed E-state index contributed by atoms with van der Waals surface area (Å²) in [6.07, 6.45) is 1.26. The molecule has 1 rings (SSSR count). The van der Waals surface area contributed by atoms with Crippen LogP contribution in [0.15, 0.2) is 22.7 Å². The third-order valence-corrected chi connectivity index (χ3v) is 3.03. The van der Waals surface area contributed by atoms with Gasteiger partial charge in [-0.2, -0.15) is 0 Å². The van der Waals surface area contributed by atoms with Crippen LogP contribution in [0.3, 0.4) is 0 Å². The van der Waals surface area contributed by atoms with Gasteiger partial charge in [0, 0.05) is 22.3 Å². The van der Waals surface area contributed by atoms with E-state index in [1.54, 1.807) is 0 Å². The normalized spacial score (nSPS) is 10.2. The van der Waals surface area contributed by atoms with Gasteiger partial charge in [0.1, 0.15) is 0 Å². The van der Waals surface area contributed by atoms with Gasteiger partial charge in [0.2, 0.25) is 0 Å². The number of alkyl halides is 1. The number of Topliss-reactive ketones (excluding diaryl/α,β-unsaturated/α-hetero) is 1. The van der Waals surface area contributed by atoms with Gasteiger partial charge in [0.05, 0.1) is 0 Å². The maximum absolute atomic E-state index is 11.7. The SMILES string of the molecule is CCc1c(Br)cccc1C(=O)CCCl. The van der Waals surface area contributed by atoms with E-state index in [1.807, 2.05) is 25.1 Å². The number of carbonyl (C=O) groups is 1. The number of hydrogen-bond donors (Lipinski definition) is 0. The van der Waals surface area contributed by atoms with Crippen LogP contribution >= 0.6 is 27.5 Å². The smallest absolute Gasteiger partial charge is 0.164 e. The van der Waals surface area contributed by atoms with Gasteiger partial charge in [-0.3, -0.25) is 4.79 Å². The standard InChI is InChI=1S/C11H12BrClO/c1-2-8-9(11(14)6-7-13)4-3-5-10(8)12/h3-5H,2,6-7H2,1H3. The molecule has 3 heteroatoms.